The highest BCUT2D eigenvalue weighted by Crippen LogP contribution is 2.36. The van der Waals surface area contributed by atoms with Crippen molar-refractivity contribution in [2.75, 3.05) is 13.7 Å². The van der Waals surface area contributed by atoms with Crippen LogP contribution in [0.4, 0.5) is 0 Å². The molecule has 1 aromatic carbocycles. The van der Waals surface area contributed by atoms with Gasteiger partial charge in [-0.15, -0.1) is 0 Å². The second-order valence-corrected chi connectivity index (χ2v) is 6.46. The van der Waals surface area contributed by atoms with E-state index in [0.29, 0.717) is 11.3 Å². The van der Waals surface area contributed by atoms with Crippen molar-refractivity contribution >= 4 is 21.8 Å². The van der Waals surface area contributed by atoms with Gasteiger partial charge in [-0.25, -0.2) is 0 Å². The first-order valence-electron chi connectivity index (χ1n) is 6.66. The number of rotatable bonds is 4. The minimum Gasteiger partial charge on any atom is -0.496 e. The van der Waals surface area contributed by atoms with Crippen molar-refractivity contribution in [1.29, 1.82) is 0 Å². The van der Waals surface area contributed by atoms with E-state index in [1.165, 1.54) is 25.7 Å². The first-order chi connectivity index (χ1) is 9.04. The molecule has 4 heteroatoms. The zero-order chi connectivity index (χ0) is 13.9. The summed E-state index contributed by atoms with van der Waals surface area (Å²) in [7, 11) is 1.58. The molecule has 0 radical (unpaired) electrons. The van der Waals surface area contributed by atoms with Gasteiger partial charge in [-0.1, -0.05) is 35.7 Å². The summed E-state index contributed by atoms with van der Waals surface area (Å²) in [5.41, 5.74) is 0.852. The lowest BCUT2D eigenvalue weighted by Gasteiger charge is -2.23. The van der Waals surface area contributed by atoms with E-state index < -0.39 is 0 Å². The highest BCUT2D eigenvalue weighted by Gasteiger charge is 2.29. The zero-order valence-electron chi connectivity index (χ0n) is 11.5. The molecular weight excluding hydrogens is 306 g/mol. The minimum absolute atomic E-state index is 0.0579. The van der Waals surface area contributed by atoms with Crippen LogP contribution in [0.25, 0.3) is 0 Å². The molecule has 1 aliphatic rings. The Balaban J connectivity index is 2.03. The summed E-state index contributed by atoms with van der Waals surface area (Å²) in [6.45, 7) is 2.99. The summed E-state index contributed by atoms with van der Waals surface area (Å²) >= 11 is 3.38. The number of halogens is 1. The molecular formula is C15H20BrNO2. The number of carbonyl (C=O) groups is 1. The summed E-state index contributed by atoms with van der Waals surface area (Å²) in [6.07, 6.45) is 4.94. The second-order valence-electron chi connectivity index (χ2n) is 5.55. The highest BCUT2D eigenvalue weighted by molar-refractivity contribution is 9.10. The van der Waals surface area contributed by atoms with Crippen LogP contribution in [0.5, 0.6) is 5.75 Å². The van der Waals surface area contributed by atoms with Gasteiger partial charge in [0.15, 0.2) is 0 Å². The summed E-state index contributed by atoms with van der Waals surface area (Å²) in [4.78, 5) is 12.2. The molecule has 1 aromatic rings. The number of hydrogen-bond donors (Lipinski definition) is 1. The molecule has 0 unspecified atom stereocenters. The number of hydrogen-bond acceptors (Lipinski definition) is 2. The molecule has 3 nitrogen and oxygen atoms in total. The molecule has 1 amide bonds. The van der Waals surface area contributed by atoms with Gasteiger partial charge in [0.05, 0.1) is 12.7 Å². The van der Waals surface area contributed by atoms with Gasteiger partial charge in [0.1, 0.15) is 5.75 Å². The van der Waals surface area contributed by atoms with E-state index in [0.717, 1.165) is 11.0 Å². The lowest BCUT2D eigenvalue weighted by molar-refractivity contribution is 0.0931. The van der Waals surface area contributed by atoms with Gasteiger partial charge >= 0.3 is 0 Å². The normalized spacial score (nSPS) is 17.2. The zero-order valence-corrected chi connectivity index (χ0v) is 13.0. The van der Waals surface area contributed by atoms with Gasteiger partial charge in [-0.05, 0) is 36.5 Å². The third-order valence-corrected chi connectivity index (χ3v) is 4.39. The van der Waals surface area contributed by atoms with Crippen LogP contribution in [0.15, 0.2) is 22.7 Å². The fourth-order valence-corrected chi connectivity index (χ4v) is 2.99. The van der Waals surface area contributed by atoms with E-state index in [1.807, 2.05) is 12.1 Å². The maximum Gasteiger partial charge on any atom is 0.255 e. The first-order valence-corrected chi connectivity index (χ1v) is 7.45. The lowest BCUT2D eigenvalue weighted by atomic mass is 9.89. The van der Waals surface area contributed by atoms with Crippen LogP contribution < -0.4 is 10.1 Å². The van der Waals surface area contributed by atoms with E-state index >= 15 is 0 Å². The van der Waals surface area contributed by atoms with E-state index in [1.54, 1.807) is 13.2 Å². The van der Waals surface area contributed by atoms with Gasteiger partial charge in [0.2, 0.25) is 0 Å². The van der Waals surface area contributed by atoms with Crippen LogP contribution in [-0.4, -0.2) is 19.6 Å². The first kappa shape index (κ1) is 14.4. The van der Waals surface area contributed by atoms with Gasteiger partial charge in [0.25, 0.3) is 5.91 Å². The average Bonchev–Trinajstić information content (AvgIpc) is 2.83. The fourth-order valence-electron chi connectivity index (χ4n) is 2.65. The third kappa shape index (κ3) is 3.50. The van der Waals surface area contributed by atoms with Gasteiger partial charge in [-0.2, -0.15) is 0 Å². The number of amides is 1. The van der Waals surface area contributed by atoms with Crippen molar-refractivity contribution in [2.45, 2.75) is 32.6 Å². The van der Waals surface area contributed by atoms with E-state index in [4.69, 9.17) is 4.74 Å². The molecule has 1 saturated carbocycles. The van der Waals surface area contributed by atoms with Gasteiger partial charge in [-0.3, -0.25) is 4.79 Å². The lowest BCUT2D eigenvalue weighted by Crippen LogP contribution is -2.34. The molecule has 0 heterocycles. The molecule has 2 rings (SSSR count). The topological polar surface area (TPSA) is 38.3 Å². The van der Waals surface area contributed by atoms with Crippen molar-refractivity contribution in [2.24, 2.45) is 5.41 Å². The highest BCUT2D eigenvalue weighted by atomic mass is 79.9. The molecule has 0 aliphatic heterocycles. The second kappa shape index (κ2) is 5.95. The predicted octanol–water partition coefficient (Wildman–Crippen LogP) is 3.77. The molecule has 0 atom stereocenters. The Morgan fingerprint density at radius 3 is 2.74 bits per heavy atom. The van der Waals surface area contributed by atoms with Crippen molar-refractivity contribution < 1.29 is 9.53 Å². The van der Waals surface area contributed by atoms with Crippen LogP contribution in [0.1, 0.15) is 43.0 Å². The van der Waals surface area contributed by atoms with Crippen LogP contribution in [0.2, 0.25) is 0 Å². The Hall–Kier alpha value is -1.03. The summed E-state index contributed by atoms with van der Waals surface area (Å²) < 4.78 is 6.16. The number of benzene rings is 1. The monoisotopic (exact) mass is 325 g/mol. The third-order valence-electron chi connectivity index (χ3n) is 3.89. The largest absolute Gasteiger partial charge is 0.496 e. The molecule has 1 N–H and O–H groups in total. The van der Waals surface area contributed by atoms with Crippen molar-refractivity contribution in [1.82, 2.24) is 5.32 Å². The smallest absolute Gasteiger partial charge is 0.255 e. The van der Waals surface area contributed by atoms with E-state index in [9.17, 15) is 4.79 Å². The molecule has 1 aliphatic carbocycles. The predicted molar refractivity (Wildman–Crippen MR) is 79.6 cm³/mol. The summed E-state index contributed by atoms with van der Waals surface area (Å²) in [5.74, 6) is 0.543. The molecule has 1 fully saturated rings. The molecule has 0 spiro atoms. The Morgan fingerprint density at radius 2 is 2.11 bits per heavy atom. The molecule has 0 aromatic heterocycles. The quantitative estimate of drug-likeness (QED) is 0.915. The maximum atomic E-state index is 12.2. The van der Waals surface area contributed by atoms with Gasteiger partial charge in [0, 0.05) is 11.0 Å². The average molecular weight is 326 g/mol. The van der Waals surface area contributed by atoms with Gasteiger partial charge < -0.3 is 10.1 Å². The van der Waals surface area contributed by atoms with Crippen LogP contribution >= 0.6 is 15.9 Å². The molecule has 19 heavy (non-hydrogen) atoms. The Bertz CT molecular complexity index is 467. The van der Waals surface area contributed by atoms with Crippen molar-refractivity contribution in [3.8, 4) is 5.75 Å². The number of methoxy groups -OCH3 is 1. The SMILES string of the molecule is COc1cc(Br)ccc1C(=O)NCC1(C)CCCC1. The fraction of sp³-hybridized carbons (Fsp3) is 0.533. The minimum atomic E-state index is -0.0579. The number of ether oxygens (including phenoxy) is 1. The molecule has 0 saturated heterocycles. The van der Waals surface area contributed by atoms with Crippen LogP contribution in [-0.2, 0) is 0 Å². The summed E-state index contributed by atoms with van der Waals surface area (Å²) in [6, 6.07) is 5.45. The van der Waals surface area contributed by atoms with E-state index in [-0.39, 0.29) is 11.3 Å². The standard InChI is InChI=1S/C15H20BrNO2/c1-15(7-3-4-8-15)10-17-14(18)12-6-5-11(16)9-13(12)19-2/h5-6,9H,3-4,7-8,10H2,1-2H3,(H,17,18). The molecule has 104 valence electrons. The number of nitrogens with one attached hydrogen (secondary N) is 1. The van der Waals surface area contributed by atoms with Crippen molar-refractivity contribution in [3.63, 3.8) is 0 Å². The Kier molecular flexibility index (Phi) is 4.50. The van der Waals surface area contributed by atoms with Crippen LogP contribution in [0.3, 0.4) is 0 Å². The number of carbonyl (C=O) groups excluding carboxylic acids is 1. The van der Waals surface area contributed by atoms with E-state index in [2.05, 4.69) is 28.2 Å². The summed E-state index contributed by atoms with van der Waals surface area (Å²) in [5, 5.41) is 3.04. The maximum absolute atomic E-state index is 12.2. The Morgan fingerprint density at radius 1 is 1.42 bits per heavy atom. The molecule has 0 bridgehead atoms. The van der Waals surface area contributed by atoms with Crippen molar-refractivity contribution in [3.05, 3.63) is 28.2 Å². The van der Waals surface area contributed by atoms with Crippen LogP contribution in [0, 0.1) is 5.41 Å². The Labute approximate surface area is 122 Å².